The number of amides is 2. The molecule has 17 heavy (non-hydrogen) atoms. The third-order valence-corrected chi connectivity index (χ3v) is 3.25. The van der Waals surface area contributed by atoms with Gasteiger partial charge in [-0.05, 0) is 19.3 Å². The summed E-state index contributed by atoms with van der Waals surface area (Å²) in [5, 5.41) is 2.92. The topological polar surface area (TPSA) is 49.4 Å². The number of rotatable bonds is 5. The normalized spacial score (nSPS) is 16.9. The van der Waals surface area contributed by atoms with Gasteiger partial charge in [-0.25, -0.2) is 0 Å². The maximum Gasteiger partial charge on any atom is 0.222 e. The summed E-state index contributed by atoms with van der Waals surface area (Å²) in [6.07, 6.45) is 5.74. The summed E-state index contributed by atoms with van der Waals surface area (Å²) < 4.78 is 0. The van der Waals surface area contributed by atoms with Gasteiger partial charge >= 0.3 is 0 Å². The van der Waals surface area contributed by atoms with Crippen LogP contribution in [0.4, 0.5) is 0 Å². The number of piperidine rings is 1. The van der Waals surface area contributed by atoms with Crippen molar-refractivity contribution in [2.45, 2.75) is 58.4 Å². The van der Waals surface area contributed by atoms with Crippen molar-refractivity contribution in [2.24, 2.45) is 0 Å². The molecule has 1 aliphatic heterocycles. The minimum absolute atomic E-state index is 0.0257. The summed E-state index contributed by atoms with van der Waals surface area (Å²) in [4.78, 5) is 24.7. The van der Waals surface area contributed by atoms with E-state index in [0.29, 0.717) is 6.42 Å². The number of hydrogen-bond donors (Lipinski definition) is 1. The van der Waals surface area contributed by atoms with E-state index in [9.17, 15) is 9.59 Å². The van der Waals surface area contributed by atoms with Gasteiger partial charge in [0.05, 0.1) is 0 Å². The third kappa shape index (κ3) is 5.20. The lowest BCUT2D eigenvalue weighted by Crippen LogP contribution is -2.46. The smallest absolute Gasteiger partial charge is 0.222 e. The molecular weight excluding hydrogens is 216 g/mol. The zero-order chi connectivity index (χ0) is 12.7. The first-order valence-corrected chi connectivity index (χ1v) is 6.68. The maximum atomic E-state index is 11.8. The van der Waals surface area contributed by atoms with Gasteiger partial charge in [0.25, 0.3) is 0 Å². The number of nitrogens with one attached hydrogen (secondary N) is 1. The highest BCUT2D eigenvalue weighted by atomic mass is 16.2. The van der Waals surface area contributed by atoms with Crippen LogP contribution >= 0.6 is 0 Å². The first kappa shape index (κ1) is 14.0. The molecule has 0 radical (unpaired) electrons. The molecule has 98 valence electrons. The second-order valence-corrected chi connectivity index (χ2v) is 4.81. The molecule has 0 aromatic rings. The first-order chi connectivity index (χ1) is 8.13. The second-order valence-electron chi connectivity index (χ2n) is 4.81. The van der Waals surface area contributed by atoms with Crippen molar-refractivity contribution >= 4 is 11.8 Å². The van der Waals surface area contributed by atoms with Gasteiger partial charge in [0.1, 0.15) is 0 Å². The summed E-state index contributed by atoms with van der Waals surface area (Å²) in [7, 11) is 0. The molecule has 0 spiro atoms. The van der Waals surface area contributed by atoms with Crippen LogP contribution in [0.5, 0.6) is 0 Å². The van der Waals surface area contributed by atoms with Crippen LogP contribution in [0.2, 0.25) is 0 Å². The van der Waals surface area contributed by atoms with Crippen molar-refractivity contribution in [2.75, 3.05) is 13.1 Å². The van der Waals surface area contributed by atoms with Crippen LogP contribution in [0, 0.1) is 0 Å². The van der Waals surface area contributed by atoms with Crippen molar-refractivity contribution in [1.82, 2.24) is 10.2 Å². The zero-order valence-electron chi connectivity index (χ0n) is 11.0. The fraction of sp³-hybridized carbons (Fsp3) is 0.846. The zero-order valence-corrected chi connectivity index (χ0v) is 11.0. The molecule has 4 heteroatoms. The largest absolute Gasteiger partial charge is 0.353 e. The molecule has 1 fully saturated rings. The summed E-state index contributed by atoms with van der Waals surface area (Å²) in [6, 6.07) is 0.257. The number of carbonyl (C=O) groups is 2. The monoisotopic (exact) mass is 240 g/mol. The molecule has 0 aliphatic carbocycles. The molecule has 1 N–H and O–H groups in total. The van der Waals surface area contributed by atoms with E-state index in [1.54, 1.807) is 6.92 Å². The number of unbranched alkanes of at least 4 members (excludes halogenated alkanes) is 2. The third-order valence-electron chi connectivity index (χ3n) is 3.25. The van der Waals surface area contributed by atoms with Gasteiger partial charge in [-0.15, -0.1) is 0 Å². The van der Waals surface area contributed by atoms with E-state index >= 15 is 0 Å². The highest BCUT2D eigenvalue weighted by Crippen LogP contribution is 2.12. The fourth-order valence-electron chi connectivity index (χ4n) is 2.25. The Bertz CT molecular complexity index is 258. The molecule has 0 aromatic carbocycles. The Morgan fingerprint density at radius 1 is 1.24 bits per heavy atom. The number of likely N-dealkylation sites (tertiary alicyclic amines) is 1. The molecule has 1 heterocycles. The number of hydrogen-bond acceptors (Lipinski definition) is 2. The van der Waals surface area contributed by atoms with Crippen LogP contribution in [-0.2, 0) is 9.59 Å². The molecule has 0 unspecified atom stereocenters. The first-order valence-electron chi connectivity index (χ1n) is 6.68. The lowest BCUT2D eigenvalue weighted by atomic mass is 10.0. The predicted molar refractivity (Wildman–Crippen MR) is 67.6 cm³/mol. The summed E-state index contributed by atoms with van der Waals surface area (Å²) in [5.41, 5.74) is 0. The van der Waals surface area contributed by atoms with Crippen LogP contribution in [0.15, 0.2) is 0 Å². The maximum absolute atomic E-state index is 11.8. The SMILES string of the molecule is CCCCCC(=O)N1CCC(NC(C)=O)CC1. The molecular formula is C13H24N2O2. The highest BCUT2D eigenvalue weighted by molar-refractivity contribution is 5.76. The van der Waals surface area contributed by atoms with Crippen LogP contribution in [0.3, 0.4) is 0 Å². The molecule has 2 amide bonds. The molecule has 0 saturated carbocycles. The Morgan fingerprint density at radius 3 is 2.41 bits per heavy atom. The average Bonchev–Trinajstić information content (AvgIpc) is 2.29. The van der Waals surface area contributed by atoms with E-state index < -0.39 is 0 Å². The molecule has 0 aromatic heterocycles. The Kier molecular flexibility index (Phi) is 6.01. The van der Waals surface area contributed by atoms with Gasteiger partial charge in [-0.2, -0.15) is 0 Å². The summed E-state index contributed by atoms with van der Waals surface area (Å²) >= 11 is 0. The Hall–Kier alpha value is -1.06. The van der Waals surface area contributed by atoms with Crippen molar-refractivity contribution in [3.63, 3.8) is 0 Å². The van der Waals surface area contributed by atoms with Crippen LogP contribution in [0.1, 0.15) is 52.4 Å². The van der Waals surface area contributed by atoms with Gasteiger partial charge in [0, 0.05) is 32.5 Å². The van der Waals surface area contributed by atoms with E-state index in [2.05, 4.69) is 12.2 Å². The van der Waals surface area contributed by atoms with E-state index in [1.165, 1.54) is 0 Å². The van der Waals surface area contributed by atoms with Crippen LogP contribution in [-0.4, -0.2) is 35.8 Å². The van der Waals surface area contributed by atoms with Gasteiger partial charge < -0.3 is 10.2 Å². The quantitative estimate of drug-likeness (QED) is 0.743. The van der Waals surface area contributed by atoms with Crippen molar-refractivity contribution in [1.29, 1.82) is 0 Å². The lowest BCUT2D eigenvalue weighted by Gasteiger charge is -2.32. The lowest BCUT2D eigenvalue weighted by molar-refractivity contribution is -0.132. The van der Waals surface area contributed by atoms with Crippen LogP contribution < -0.4 is 5.32 Å². The standard InChI is InChI=1S/C13H24N2O2/c1-3-4-5-6-13(17)15-9-7-12(8-10-15)14-11(2)16/h12H,3-10H2,1-2H3,(H,14,16). The van der Waals surface area contributed by atoms with Crippen LogP contribution in [0.25, 0.3) is 0 Å². The van der Waals surface area contributed by atoms with E-state index in [0.717, 1.165) is 45.2 Å². The molecule has 0 bridgehead atoms. The Labute approximate surface area is 104 Å². The molecule has 1 saturated heterocycles. The number of carbonyl (C=O) groups excluding carboxylic acids is 2. The summed E-state index contributed by atoms with van der Waals surface area (Å²) in [6.45, 7) is 5.26. The fourth-order valence-corrected chi connectivity index (χ4v) is 2.25. The Balaban J connectivity index is 2.21. The molecule has 0 atom stereocenters. The minimum Gasteiger partial charge on any atom is -0.353 e. The van der Waals surface area contributed by atoms with Gasteiger partial charge in [-0.1, -0.05) is 19.8 Å². The highest BCUT2D eigenvalue weighted by Gasteiger charge is 2.22. The van der Waals surface area contributed by atoms with Gasteiger partial charge in [0.15, 0.2) is 0 Å². The van der Waals surface area contributed by atoms with Crippen molar-refractivity contribution < 1.29 is 9.59 Å². The second kappa shape index (κ2) is 7.30. The van der Waals surface area contributed by atoms with Crippen molar-refractivity contribution in [3.8, 4) is 0 Å². The Morgan fingerprint density at radius 2 is 1.88 bits per heavy atom. The van der Waals surface area contributed by atoms with E-state index in [1.807, 2.05) is 4.90 Å². The minimum atomic E-state index is 0.0257. The number of nitrogens with zero attached hydrogens (tertiary/aromatic N) is 1. The molecule has 1 rings (SSSR count). The van der Waals surface area contributed by atoms with Gasteiger partial charge in [0.2, 0.25) is 11.8 Å². The van der Waals surface area contributed by atoms with Gasteiger partial charge in [-0.3, -0.25) is 9.59 Å². The van der Waals surface area contributed by atoms with E-state index in [-0.39, 0.29) is 17.9 Å². The summed E-state index contributed by atoms with van der Waals surface area (Å²) in [5.74, 6) is 0.303. The average molecular weight is 240 g/mol. The molecule has 4 nitrogen and oxygen atoms in total. The predicted octanol–water partition coefficient (Wildman–Crippen LogP) is 1.69. The van der Waals surface area contributed by atoms with Crippen molar-refractivity contribution in [3.05, 3.63) is 0 Å². The van der Waals surface area contributed by atoms with E-state index in [4.69, 9.17) is 0 Å². The molecule has 1 aliphatic rings.